The molecule has 1 N–H and O–H groups in total. The molecule has 3 aromatic rings. The van der Waals surface area contributed by atoms with E-state index >= 15 is 0 Å². The predicted molar refractivity (Wildman–Crippen MR) is 151 cm³/mol. The predicted octanol–water partition coefficient (Wildman–Crippen LogP) is 4.71. The summed E-state index contributed by atoms with van der Waals surface area (Å²) in [5, 5.41) is 3.23. The van der Waals surface area contributed by atoms with Gasteiger partial charge in [0.05, 0.1) is 35.0 Å². The van der Waals surface area contributed by atoms with Crippen molar-refractivity contribution in [1.29, 1.82) is 0 Å². The van der Waals surface area contributed by atoms with Gasteiger partial charge in [-0.1, -0.05) is 30.3 Å². The van der Waals surface area contributed by atoms with E-state index < -0.39 is 0 Å². The van der Waals surface area contributed by atoms with E-state index in [0.29, 0.717) is 42.7 Å². The number of nitrogens with one attached hydrogen (secondary N) is 1. The largest absolute Gasteiger partial charge is 0.493 e. The van der Waals surface area contributed by atoms with Gasteiger partial charge >= 0.3 is 0 Å². The third kappa shape index (κ3) is 5.69. The molecule has 206 valence electrons. The molecule has 3 aromatic carbocycles. The maximum atomic E-state index is 13.3. The van der Waals surface area contributed by atoms with Gasteiger partial charge < -0.3 is 24.3 Å². The fourth-order valence-electron chi connectivity index (χ4n) is 6.07. The van der Waals surface area contributed by atoms with Crippen LogP contribution in [-0.2, 0) is 24.1 Å². The molecule has 1 amide bonds. The number of nitrogens with zero attached hydrogens (tertiary/aromatic N) is 1. The zero-order chi connectivity index (χ0) is 27.4. The number of fused-ring (bicyclic) bond motifs is 2. The summed E-state index contributed by atoms with van der Waals surface area (Å²) < 4.78 is 22.2. The molecule has 2 unspecified atom stereocenters. The van der Waals surface area contributed by atoms with E-state index in [9.17, 15) is 4.79 Å². The molecule has 1 aliphatic heterocycles. The number of benzene rings is 3. The van der Waals surface area contributed by atoms with Crippen molar-refractivity contribution in [3.63, 3.8) is 0 Å². The summed E-state index contributed by atoms with van der Waals surface area (Å²) >= 11 is 0. The minimum absolute atomic E-state index is 0.00962. The number of carbonyl (C=O) groups excluding carboxylic acids is 1. The Hall–Kier alpha value is -3.71. The third-order valence-electron chi connectivity index (χ3n) is 8.14. The average molecular weight is 531 g/mol. The van der Waals surface area contributed by atoms with Gasteiger partial charge in [0.15, 0.2) is 23.0 Å². The van der Waals surface area contributed by atoms with Gasteiger partial charge in [0.2, 0.25) is 5.91 Å². The Bertz CT molecular complexity index is 1320. The number of aryl methyl sites for hydroxylation is 1. The van der Waals surface area contributed by atoms with Gasteiger partial charge in [0, 0.05) is 25.0 Å². The van der Waals surface area contributed by atoms with Crippen LogP contribution in [0.3, 0.4) is 0 Å². The first-order valence-electron chi connectivity index (χ1n) is 13.6. The molecule has 0 aromatic heterocycles. The van der Waals surface area contributed by atoms with Crippen LogP contribution in [0, 0.1) is 0 Å². The van der Waals surface area contributed by atoms with Crippen molar-refractivity contribution in [1.82, 2.24) is 10.2 Å². The minimum atomic E-state index is -0.00962. The Kier molecular flexibility index (Phi) is 8.27. The Morgan fingerprint density at radius 3 is 2.31 bits per heavy atom. The SMILES string of the molecule is COc1ccc(CC2c3cc(OC)c(OC)cc3CCN2CC(=O)NCC2CCc3ccccc32)cc1OC. The number of rotatable bonds is 10. The number of methoxy groups -OCH3 is 4. The fraction of sp³-hybridized carbons (Fsp3) is 0.406. The summed E-state index contributed by atoms with van der Waals surface area (Å²) in [7, 11) is 6.60. The molecule has 0 radical (unpaired) electrons. The van der Waals surface area contributed by atoms with Crippen molar-refractivity contribution in [3.05, 3.63) is 82.4 Å². The highest BCUT2D eigenvalue weighted by molar-refractivity contribution is 5.78. The van der Waals surface area contributed by atoms with Crippen LogP contribution < -0.4 is 24.3 Å². The zero-order valence-corrected chi connectivity index (χ0v) is 23.3. The quantitative estimate of drug-likeness (QED) is 0.410. The molecule has 1 aliphatic carbocycles. The summed E-state index contributed by atoms with van der Waals surface area (Å²) in [6.07, 6.45) is 3.71. The van der Waals surface area contributed by atoms with E-state index in [1.165, 1.54) is 16.7 Å². The van der Waals surface area contributed by atoms with E-state index in [2.05, 4.69) is 52.7 Å². The molecule has 0 saturated carbocycles. The summed E-state index contributed by atoms with van der Waals surface area (Å²) in [6, 6.07) is 18.7. The van der Waals surface area contributed by atoms with Crippen molar-refractivity contribution in [2.75, 3.05) is 48.1 Å². The van der Waals surface area contributed by atoms with E-state index in [1.807, 2.05) is 12.1 Å². The van der Waals surface area contributed by atoms with E-state index in [0.717, 1.165) is 42.7 Å². The topological polar surface area (TPSA) is 69.3 Å². The van der Waals surface area contributed by atoms with Gasteiger partial charge in [-0.2, -0.15) is 0 Å². The molecule has 5 rings (SSSR count). The number of hydrogen-bond donors (Lipinski definition) is 1. The maximum Gasteiger partial charge on any atom is 0.234 e. The Morgan fingerprint density at radius 2 is 1.54 bits per heavy atom. The summed E-state index contributed by atoms with van der Waals surface area (Å²) in [5.74, 6) is 3.25. The van der Waals surface area contributed by atoms with Crippen LogP contribution in [0.5, 0.6) is 23.0 Å². The maximum absolute atomic E-state index is 13.3. The molecule has 0 bridgehead atoms. The van der Waals surface area contributed by atoms with Gasteiger partial charge in [-0.25, -0.2) is 0 Å². The normalized spacial score (nSPS) is 18.2. The first-order valence-corrected chi connectivity index (χ1v) is 13.6. The molecule has 7 nitrogen and oxygen atoms in total. The second-order valence-electron chi connectivity index (χ2n) is 10.3. The van der Waals surface area contributed by atoms with E-state index in [4.69, 9.17) is 18.9 Å². The lowest BCUT2D eigenvalue weighted by atomic mass is 9.88. The standard InChI is InChI=1S/C32H38N2O5/c1-36-28-12-9-21(16-29(28)37-2)15-27-26-18-31(39-4)30(38-3)17-23(26)13-14-34(27)20-32(35)33-19-24-11-10-22-7-5-6-8-25(22)24/h5-9,12,16-18,24,27H,10-11,13-15,19-20H2,1-4H3,(H,33,35). The van der Waals surface area contributed by atoms with Crippen LogP contribution in [0.2, 0.25) is 0 Å². The lowest BCUT2D eigenvalue weighted by molar-refractivity contribution is -0.123. The number of ether oxygens (including phenoxy) is 4. The van der Waals surface area contributed by atoms with Crippen LogP contribution in [0.15, 0.2) is 54.6 Å². The van der Waals surface area contributed by atoms with Gasteiger partial charge in [-0.3, -0.25) is 9.69 Å². The van der Waals surface area contributed by atoms with Gasteiger partial charge in [0.1, 0.15) is 0 Å². The monoisotopic (exact) mass is 530 g/mol. The van der Waals surface area contributed by atoms with Crippen molar-refractivity contribution in [2.45, 2.75) is 37.6 Å². The van der Waals surface area contributed by atoms with Crippen molar-refractivity contribution < 1.29 is 23.7 Å². The fourth-order valence-corrected chi connectivity index (χ4v) is 6.07. The lowest BCUT2D eigenvalue weighted by Gasteiger charge is -2.37. The smallest absolute Gasteiger partial charge is 0.234 e. The molecule has 0 saturated heterocycles. The molecule has 0 fully saturated rings. The highest BCUT2D eigenvalue weighted by Crippen LogP contribution is 2.40. The highest BCUT2D eigenvalue weighted by atomic mass is 16.5. The zero-order valence-electron chi connectivity index (χ0n) is 23.3. The number of carbonyl (C=O) groups is 1. The van der Waals surface area contributed by atoms with Gasteiger partial charge in [-0.05, 0) is 77.8 Å². The van der Waals surface area contributed by atoms with Gasteiger partial charge in [-0.15, -0.1) is 0 Å². The molecular formula is C32H38N2O5. The molecule has 2 aliphatic rings. The van der Waals surface area contributed by atoms with Crippen LogP contribution >= 0.6 is 0 Å². The van der Waals surface area contributed by atoms with Crippen LogP contribution in [0.4, 0.5) is 0 Å². The first kappa shape index (κ1) is 26.9. The summed E-state index contributed by atoms with van der Waals surface area (Å²) in [5.41, 5.74) is 6.26. The molecule has 39 heavy (non-hydrogen) atoms. The second kappa shape index (κ2) is 12.0. The van der Waals surface area contributed by atoms with E-state index in [-0.39, 0.29) is 11.9 Å². The summed E-state index contributed by atoms with van der Waals surface area (Å²) in [4.78, 5) is 15.5. The number of hydrogen-bond acceptors (Lipinski definition) is 6. The van der Waals surface area contributed by atoms with Crippen molar-refractivity contribution >= 4 is 5.91 Å². The number of amides is 1. The molecule has 0 spiro atoms. The summed E-state index contributed by atoms with van der Waals surface area (Å²) in [6.45, 7) is 1.78. The van der Waals surface area contributed by atoms with Crippen molar-refractivity contribution in [3.8, 4) is 23.0 Å². The average Bonchev–Trinajstić information content (AvgIpc) is 3.39. The minimum Gasteiger partial charge on any atom is -0.493 e. The molecular weight excluding hydrogens is 492 g/mol. The molecule has 2 atom stereocenters. The Labute approximate surface area is 231 Å². The molecule has 1 heterocycles. The third-order valence-corrected chi connectivity index (χ3v) is 8.14. The van der Waals surface area contributed by atoms with Crippen LogP contribution in [-0.4, -0.2) is 58.9 Å². The van der Waals surface area contributed by atoms with Crippen LogP contribution in [0.1, 0.15) is 46.2 Å². The first-order chi connectivity index (χ1) is 19.0. The lowest BCUT2D eigenvalue weighted by Crippen LogP contribution is -2.44. The molecule has 7 heteroatoms. The van der Waals surface area contributed by atoms with Gasteiger partial charge in [0.25, 0.3) is 0 Å². The second-order valence-corrected chi connectivity index (χ2v) is 10.3. The van der Waals surface area contributed by atoms with E-state index in [1.54, 1.807) is 28.4 Å². The Morgan fingerprint density at radius 1 is 0.821 bits per heavy atom. The van der Waals surface area contributed by atoms with Crippen molar-refractivity contribution in [2.24, 2.45) is 0 Å². The Balaban J connectivity index is 1.37. The van der Waals surface area contributed by atoms with Crippen LogP contribution in [0.25, 0.3) is 0 Å². The highest BCUT2D eigenvalue weighted by Gasteiger charge is 2.31.